The molecule has 0 nitrogen and oxygen atoms in total. The van der Waals surface area contributed by atoms with Gasteiger partial charge >= 0.3 is 0 Å². The average Bonchev–Trinajstić information content (AvgIpc) is 2.63. The Morgan fingerprint density at radius 1 is 1.15 bits per heavy atom. The third-order valence-corrected chi connectivity index (χ3v) is 7.12. The second-order valence-corrected chi connectivity index (χ2v) is 8.65. The minimum atomic E-state index is 0.433. The molecule has 0 heteroatoms. The number of hydrogen-bond donors (Lipinski definition) is 0. The molecule has 0 N–H and O–H groups in total. The Morgan fingerprint density at radius 2 is 1.85 bits per heavy atom. The first-order chi connectivity index (χ1) is 9.31. The van der Waals surface area contributed by atoms with E-state index in [0.717, 1.165) is 17.8 Å². The Hall–Kier alpha value is -0.260. The predicted molar refractivity (Wildman–Crippen MR) is 89.8 cm³/mol. The van der Waals surface area contributed by atoms with Crippen LogP contribution in [-0.4, -0.2) is 0 Å². The summed E-state index contributed by atoms with van der Waals surface area (Å²) in [7, 11) is 0. The molecule has 2 rings (SSSR count). The maximum Gasteiger partial charge on any atom is -0.00625 e. The summed E-state index contributed by atoms with van der Waals surface area (Å²) >= 11 is 0. The van der Waals surface area contributed by atoms with Crippen molar-refractivity contribution in [3.63, 3.8) is 0 Å². The zero-order valence-electron chi connectivity index (χ0n) is 14.6. The van der Waals surface area contributed by atoms with E-state index < -0.39 is 0 Å². The van der Waals surface area contributed by atoms with Gasteiger partial charge in [-0.3, -0.25) is 0 Å². The van der Waals surface area contributed by atoms with Crippen molar-refractivity contribution in [3.8, 4) is 0 Å². The highest BCUT2D eigenvalue weighted by Gasteiger charge is 2.57. The summed E-state index contributed by atoms with van der Waals surface area (Å²) in [5.74, 6) is 2.68. The van der Waals surface area contributed by atoms with Crippen LogP contribution in [0.3, 0.4) is 0 Å². The van der Waals surface area contributed by atoms with Gasteiger partial charge in [0.05, 0.1) is 0 Å². The molecule has 116 valence electrons. The molecule has 0 aliphatic heterocycles. The van der Waals surface area contributed by atoms with Gasteiger partial charge in [0.1, 0.15) is 0 Å². The Labute approximate surface area is 127 Å². The Balaban J connectivity index is 2.04. The van der Waals surface area contributed by atoms with Gasteiger partial charge in [-0.15, -0.1) is 0 Å². The first-order valence-electron chi connectivity index (χ1n) is 8.99. The summed E-state index contributed by atoms with van der Waals surface area (Å²) in [6.07, 6.45) is 11.2. The van der Waals surface area contributed by atoms with Crippen LogP contribution in [-0.2, 0) is 0 Å². The molecule has 20 heavy (non-hydrogen) atoms. The molecular weight excluding hydrogens is 240 g/mol. The first kappa shape index (κ1) is 16.1. The van der Waals surface area contributed by atoms with Crippen molar-refractivity contribution < 1.29 is 0 Å². The topological polar surface area (TPSA) is 0 Å². The Kier molecular flexibility index (Phi) is 4.72. The fourth-order valence-corrected chi connectivity index (χ4v) is 5.41. The summed E-state index contributed by atoms with van der Waals surface area (Å²) in [4.78, 5) is 0. The van der Waals surface area contributed by atoms with E-state index in [1.807, 2.05) is 0 Å². The number of rotatable bonds is 5. The minimum Gasteiger partial charge on any atom is -0.0993 e. The van der Waals surface area contributed by atoms with Gasteiger partial charge in [-0.25, -0.2) is 0 Å². The largest absolute Gasteiger partial charge is 0.0993 e. The lowest BCUT2D eigenvalue weighted by Gasteiger charge is -2.51. The molecule has 1 unspecified atom stereocenters. The normalized spacial score (nSPS) is 39.1. The first-order valence-corrected chi connectivity index (χ1v) is 8.99. The molecule has 2 aliphatic rings. The van der Waals surface area contributed by atoms with E-state index in [1.165, 1.54) is 51.4 Å². The van der Waals surface area contributed by atoms with E-state index in [0.29, 0.717) is 10.8 Å². The third kappa shape index (κ3) is 2.60. The highest BCUT2D eigenvalue weighted by atomic mass is 14.6. The SMILES string of the molecule is C=C1CCC[C@]2(C)C([C@H](C)CCCC(C)C)CC[C@@]12C. The maximum atomic E-state index is 4.45. The molecule has 0 aromatic carbocycles. The van der Waals surface area contributed by atoms with Crippen LogP contribution in [0.2, 0.25) is 0 Å². The molecule has 0 amide bonds. The number of hydrogen-bond acceptors (Lipinski definition) is 0. The van der Waals surface area contributed by atoms with Gasteiger partial charge in [-0.05, 0) is 60.7 Å². The van der Waals surface area contributed by atoms with Crippen molar-refractivity contribution >= 4 is 0 Å². The van der Waals surface area contributed by atoms with Gasteiger partial charge in [0.15, 0.2) is 0 Å². The summed E-state index contributed by atoms with van der Waals surface area (Å²) < 4.78 is 0. The molecule has 0 aromatic rings. The molecule has 0 aromatic heterocycles. The highest BCUT2D eigenvalue weighted by molar-refractivity contribution is 5.22. The second-order valence-electron chi connectivity index (χ2n) is 8.65. The smallest absolute Gasteiger partial charge is 0.00625 e. The van der Waals surface area contributed by atoms with Crippen LogP contribution in [0, 0.1) is 28.6 Å². The van der Waals surface area contributed by atoms with E-state index in [2.05, 4.69) is 41.2 Å². The van der Waals surface area contributed by atoms with Gasteiger partial charge in [-0.2, -0.15) is 0 Å². The second kappa shape index (κ2) is 5.85. The minimum absolute atomic E-state index is 0.433. The van der Waals surface area contributed by atoms with Crippen LogP contribution in [0.15, 0.2) is 12.2 Å². The summed E-state index contributed by atoms with van der Waals surface area (Å²) in [5, 5.41) is 0. The van der Waals surface area contributed by atoms with Crippen molar-refractivity contribution in [2.45, 2.75) is 86.0 Å². The molecule has 0 radical (unpaired) electrons. The van der Waals surface area contributed by atoms with Crippen molar-refractivity contribution in [1.29, 1.82) is 0 Å². The van der Waals surface area contributed by atoms with Gasteiger partial charge in [-0.1, -0.05) is 66.0 Å². The summed E-state index contributed by atoms with van der Waals surface area (Å²) in [5.41, 5.74) is 2.52. The van der Waals surface area contributed by atoms with Crippen molar-refractivity contribution in [2.75, 3.05) is 0 Å². The van der Waals surface area contributed by atoms with E-state index in [1.54, 1.807) is 5.57 Å². The molecule has 4 atom stereocenters. The fourth-order valence-electron chi connectivity index (χ4n) is 5.41. The molecule has 2 aliphatic carbocycles. The molecule has 0 heterocycles. The average molecular weight is 277 g/mol. The van der Waals surface area contributed by atoms with Crippen LogP contribution in [0.25, 0.3) is 0 Å². The summed E-state index contributed by atoms with van der Waals surface area (Å²) in [6, 6.07) is 0. The van der Waals surface area contributed by atoms with Crippen LogP contribution >= 0.6 is 0 Å². The lowest BCUT2D eigenvalue weighted by atomic mass is 9.53. The molecule has 2 saturated carbocycles. The van der Waals surface area contributed by atoms with Crippen LogP contribution in [0.1, 0.15) is 86.0 Å². The molecule has 0 bridgehead atoms. The van der Waals surface area contributed by atoms with Gasteiger partial charge in [0.25, 0.3) is 0 Å². The van der Waals surface area contributed by atoms with E-state index in [-0.39, 0.29) is 0 Å². The maximum absolute atomic E-state index is 4.45. The summed E-state index contributed by atoms with van der Waals surface area (Å²) in [6.45, 7) is 16.8. The van der Waals surface area contributed by atoms with Crippen LogP contribution in [0.4, 0.5) is 0 Å². The molecule has 2 fully saturated rings. The van der Waals surface area contributed by atoms with E-state index >= 15 is 0 Å². The fraction of sp³-hybridized carbons (Fsp3) is 0.900. The monoisotopic (exact) mass is 276 g/mol. The van der Waals surface area contributed by atoms with Crippen LogP contribution < -0.4 is 0 Å². The number of allylic oxidation sites excluding steroid dienone is 1. The molecular formula is C20H36. The Bertz CT molecular complexity index is 353. The predicted octanol–water partition coefficient (Wildman–Crippen LogP) is 6.61. The van der Waals surface area contributed by atoms with Gasteiger partial charge < -0.3 is 0 Å². The van der Waals surface area contributed by atoms with Crippen molar-refractivity contribution in [2.24, 2.45) is 28.6 Å². The van der Waals surface area contributed by atoms with Crippen LogP contribution in [0.5, 0.6) is 0 Å². The zero-order valence-corrected chi connectivity index (χ0v) is 14.6. The standard InChI is InChI=1S/C20H36/c1-15(2)9-7-10-16(3)18-12-14-19(5)17(4)11-8-13-20(18,19)6/h15-16,18H,4,7-14H2,1-3,5-6H3/t16-,18?,19+,20-/m1/s1. The van der Waals surface area contributed by atoms with E-state index in [4.69, 9.17) is 0 Å². The highest BCUT2D eigenvalue weighted by Crippen LogP contribution is 2.66. The van der Waals surface area contributed by atoms with Crippen molar-refractivity contribution in [1.82, 2.24) is 0 Å². The van der Waals surface area contributed by atoms with Gasteiger partial charge in [0.2, 0.25) is 0 Å². The molecule has 0 spiro atoms. The lowest BCUT2D eigenvalue weighted by Crippen LogP contribution is -2.42. The zero-order chi connectivity index (χ0) is 15.0. The van der Waals surface area contributed by atoms with E-state index in [9.17, 15) is 0 Å². The lowest BCUT2D eigenvalue weighted by molar-refractivity contribution is 0.0345. The Morgan fingerprint density at radius 3 is 2.50 bits per heavy atom. The molecule has 0 saturated heterocycles. The van der Waals surface area contributed by atoms with Gasteiger partial charge in [0, 0.05) is 0 Å². The van der Waals surface area contributed by atoms with Crippen molar-refractivity contribution in [3.05, 3.63) is 12.2 Å². The third-order valence-electron chi connectivity index (χ3n) is 7.12. The quantitative estimate of drug-likeness (QED) is 0.495. The number of fused-ring (bicyclic) bond motifs is 1.